The van der Waals surface area contributed by atoms with Crippen LogP contribution in [0.4, 0.5) is 5.69 Å². The predicted octanol–water partition coefficient (Wildman–Crippen LogP) is 0.324. The highest BCUT2D eigenvalue weighted by molar-refractivity contribution is 5.63. The van der Waals surface area contributed by atoms with E-state index in [4.69, 9.17) is 5.73 Å². The summed E-state index contributed by atoms with van der Waals surface area (Å²) in [4.78, 5) is 37.3. The number of hydrogen-bond acceptors (Lipinski definition) is 4. The average Bonchev–Trinajstić information content (AvgIpc) is 3.03. The van der Waals surface area contributed by atoms with Crippen molar-refractivity contribution in [3.63, 3.8) is 0 Å². The molecule has 0 saturated carbocycles. The smallest absolute Gasteiger partial charge is 0.272 e. The normalized spacial score (nSPS) is 13.3. The Morgan fingerprint density at radius 1 is 1.00 bits per heavy atom. The summed E-state index contributed by atoms with van der Waals surface area (Å²) in [7, 11) is 0. The molecule has 0 aliphatic heterocycles. The minimum atomic E-state index is -0.410. The van der Waals surface area contributed by atoms with Crippen molar-refractivity contribution in [3.8, 4) is 0 Å². The number of aromatic amines is 3. The summed E-state index contributed by atoms with van der Waals surface area (Å²) in [6, 6.07) is 7.11. The number of aromatic nitrogens is 4. The molecule has 0 spiro atoms. The number of nitrogens with two attached hydrogens (primary N) is 1. The Morgan fingerprint density at radius 2 is 1.62 bits per heavy atom. The molecule has 0 aliphatic rings. The Labute approximate surface area is 149 Å². The number of rotatable bonds is 2. The maximum atomic E-state index is 12.4. The topological polar surface area (TPSA) is 120 Å². The van der Waals surface area contributed by atoms with Gasteiger partial charge in [-0.1, -0.05) is 39.0 Å². The van der Waals surface area contributed by atoms with E-state index in [0.717, 1.165) is 5.69 Å². The van der Waals surface area contributed by atoms with Gasteiger partial charge in [0.25, 0.3) is 11.1 Å². The van der Waals surface area contributed by atoms with Crippen molar-refractivity contribution in [2.45, 2.75) is 26.2 Å². The predicted molar refractivity (Wildman–Crippen MR) is 102 cm³/mol. The van der Waals surface area contributed by atoms with Crippen molar-refractivity contribution in [1.82, 2.24) is 19.9 Å². The van der Waals surface area contributed by atoms with Gasteiger partial charge in [-0.25, -0.2) is 4.98 Å². The second-order valence-electron chi connectivity index (χ2n) is 7.07. The number of nitrogen functional groups attached to an aromatic ring is 1. The number of hydrogen-bond donors (Lipinski definition) is 4. The maximum Gasteiger partial charge on any atom is 0.272 e. The molecule has 3 rings (SSSR count). The summed E-state index contributed by atoms with van der Waals surface area (Å²) in [5, 5.41) is 0.286. The second-order valence-corrected chi connectivity index (χ2v) is 7.07. The van der Waals surface area contributed by atoms with E-state index in [1.165, 1.54) is 0 Å². The highest BCUT2D eigenvalue weighted by Crippen LogP contribution is 2.22. The number of para-hydroxylation sites is 1. The first-order chi connectivity index (χ1) is 12.3. The third-order valence-corrected chi connectivity index (χ3v) is 3.98. The summed E-state index contributed by atoms with van der Waals surface area (Å²) >= 11 is 0. The summed E-state index contributed by atoms with van der Waals surface area (Å²) in [6.07, 6.45) is 4.69. The summed E-state index contributed by atoms with van der Waals surface area (Å²) < 4.78 is 0. The van der Waals surface area contributed by atoms with Gasteiger partial charge < -0.3 is 20.7 Å². The highest BCUT2D eigenvalue weighted by atomic mass is 16.1. The van der Waals surface area contributed by atoms with E-state index in [-0.39, 0.29) is 16.1 Å². The number of benzene rings is 1. The Hall–Kier alpha value is -3.35. The van der Waals surface area contributed by atoms with Gasteiger partial charge in [0.05, 0.1) is 12.0 Å². The van der Waals surface area contributed by atoms with Crippen LogP contribution in [-0.2, 0) is 5.41 Å². The van der Waals surface area contributed by atoms with Crippen LogP contribution in [0.2, 0.25) is 0 Å². The molecule has 0 aliphatic carbocycles. The van der Waals surface area contributed by atoms with Crippen LogP contribution in [0.25, 0.3) is 12.2 Å². The number of H-pyrrole nitrogens is 3. The van der Waals surface area contributed by atoms with Crippen LogP contribution in [0.1, 0.15) is 37.7 Å². The molecule has 0 amide bonds. The monoisotopic (exact) mass is 351 g/mol. The standard InChI is InChI=1S/C19H21N5O2/c1-19(2,3)16-13(21-10-22-16)9-15-18(26)23-14(17(25)24-15)8-11-6-4-5-7-12(11)20/h4-10H,20H2,1-3H3,(H,21,22)(H,23,26)(H,24,25). The first kappa shape index (κ1) is 17.5. The molecule has 0 atom stereocenters. The summed E-state index contributed by atoms with van der Waals surface area (Å²) in [5.41, 5.74) is 7.57. The molecule has 0 fully saturated rings. The Morgan fingerprint density at radius 3 is 2.23 bits per heavy atom. The Bertz CT molecular complexity index is 1180. The lowest BCUT2D eigenvalue weighted by Gasteiger charge is -2.16. The van der Waals surface area contributed by atoms with Crippen molar-refractivity contribution in [3.05, 3.63) is 78.9 Å². The minimum absolute atomic E-state index is 0.142. The molecule has 1 aromatic carbocycles. The molecule has 134 valence electrons. The third-order valence-electron chi connectivity index (χ3n) is 3.98. The first-order valence-corrected chi connectivity index (χ1v) is 8.20. The molecule has 2 aromatic heterocycles. The second kappa shape index (κ2) is 6.51. The molecule has 7 heteroatoms. The third kappa shape index (κ3) is 3.51. The van der Waals surface area contributed by atoms with Gasteiger partial charge in [-0.3, -0.25) is 9.59 Å². The van der Waals surface area contributed by atoms with Gasteiger partial charge in [0.15, 0.2) is 0 Å². The molecule has 0 radical (unpaired) electrons. The quantitative estimate of drug-likeness (QED) is 0.497. The fourth-order valence-electron chi connectivity index (χ4n) is 2.65. The van der Waals surface area contributed by atoms with E-state index in [9.17, 15) is 9.59 Å². The van der Waals surface area contributed by atoms with E-state index in [1.54, 1.807) is 36.7 Å². The molecule has 26 heavy (non-hydrogen) atoms. The highest BCUT2D eigenvalue weighted by Gasteiger charge is 2.19. The van der Waals surface area contributed by atoms with E-state index in [0.29, 0.717) is 16.9 Å². The van der Waals surface area contributed by atoms with Crippen LogP contribution in [0, 0.1) is 0 Å². The van der Waals surface area contributed by atoms with Crippen LogP contribution in [0.3, 0.4) is 0 Å². The zero-order chi connectivity index (χ0) is 18.9. The fraction of sp³-hybridized carbons (Fsp3) is 0.211. The Balaban J connectivity index is 2.16. The zero-order valence-electron chi connectivity index (χ0n) is 14.9. The number of anilines is 1. The van der Waals surface area contributed by atoms with E-state index >= 15 is 0 Å². The SMILES string of the molecule is CC(C)(C)c1[nH]cnc1C=c1[nH]c(=O)c(=Cc2ccccc2N)[nH]c1=O. The summed E-state index contributed by atoms with van der Waals surface area (Å²) in [5.74, 6) is 0. The number of nitrogens with zero attached hydrogens (tertiary/aromatic N) is 1. The number of nitrogens with one attached hydrogen (secondary N) is 3. The molecule has 0 saturated heterocycles. The van der Waals surface area contributed by atoms with Crippen LogP contribution < -0.4 is 27.6 Å². The van der Waals surface area contributed by atoms with Gasteiger partial charge in [0.2, 0.25) is 0 Å². The van der Waals surface area contributed by atoms with Crippen LogP contribution >= 0.6 is 0 Å². The fourth-order valence-corrected chi connectivity index (χ4v) is 2.65. The molecule has 0 bridgehead atoms. The maximum absolute atomic E-state index is 12.4. The lowest BCUT2D eigenvalue weighted by molar-refractivity contribution is 0.571. The van der Waals surface area contributed by atoms with Crippen molar-refractivity contribution >= 4 is 17.8 Å². The van der Waals surface area contributed by atoms with Crippen molar-refractivity contribution in [2.75, 3.05) is 5.73 Å². The van der Waals surface area contributed by atoms with Crippen LogP contribution in [0.5, 0.6) is 0 Å². The number of imidazole rings is 1. The molecule has 0 unspecified atom stereocenters. The van der Waals surface area contributed by atoms with E-state index in [2.05, 4.69) is 19.9 Å². The average molecular weight is 351 g/mol. The van der Waals surface area contributed by atoms with Crippen molar-refractivity contribution in [2.24, 2.45) is 0 Å². The summed E-state index contributed by atoms with van der Waals surface area (Å²) in [6.45, 7) is 6.10. The van der Waals surface area contributed by atoms with Gasteiger partial charge in [-0.2, -0.15) is 0 Å². The molecule has 5 N–H and O–H groups in total. The Kier molecular flexibility index (Phi) is 4.38. The molecular formula is C19H21N5O2. The van der Waals surface area contributed by atoms with Gasteiger partial charge in [0.1, 0.15) is 10.7 Å². The first-order valence-electron chi connectivity index (χ1n) is 8.20. The minimum Gasteiger partial charge on any atom is -0.398 e. The van der Waals surface area contributed by atoms with E-state index < -0.39 is 11.1 Å². The van der Waals surface area contributed by atoms with E-state index in [1.807, 2.05) is 26.8 Å². The van der Waals surface area contributed by atoms with Gasteiger partial charge in [-0.05, 0) is 23.8 Å². The lowest BCUT2D eigenvalue weighted by atomic mass is 9.90. The van der Waals surface area contributed by atoms with Crippen LogP contribution in [-0.4, -0.2) is 19.9 Å². The molecule has 7 nitrogen and oxygen atoms in total. The molecular weight excluding hydrogens is 330 g/mol. The molecule has 2 heterocycles. The van der Waals surface area contributed by atoms with Crippen molar-refractivity contribution < 1.29 is 0 Å². The largest absolute Gasteiger partial charge is 0.398 e. The molecule has 3 aromatic rings. The van der Waals surface area contributed by atoms with Crippen molar-refractivity contribution in [1.29, 1.82) is 0 Å². The van der Waals surface area contributed by atoms with Gasteiger partial charge in [0, 0.05) is 16.8 Å². The zero-order valence-corrected chi connectivity index (χ0v) is 14.9. The van der Waals surface area contributed by atoms with Gasteiger partial charge >= 0.3 is 0 Å². The lowest BCUT2D eigenvalue weighted by Crippen LogP contribution is -2.46. The van der Waals surface area contributed by atoms with Gasteiger partial charge in [-0.15, -0.1) is 0 Å². The van der Waals surface area contributed by atoms with Crippen LogP contribution in [0.15, 0.2) is 40.2 Å².